The molecule has 1 heterocycles. The highest BCUT2D eigenvalue weighted by atomic mass is 16.7. The van der Waals surface area contributed by atoms with Crippen molar-refractivity contribution in [2.45, 2.75) is 18.6 Å². The van der Waals surface area contributed by atoms with Crippen molar-refractivity contribution in [1.82, 2.24) is 0 Å². The molecule has 0 spiro atoms. The Kier molecular flexibility index (Phi) is 2.59. The van der Waals surface area contributed by atoms with Gasteiger partial charge in [-0.1, -0.05) is 18.2 Å². The Morgan fingerprint density at radius 2 is 2.06 bits per heavy atom. The number of esters is 1. The molecule has 0 radical (unpaired) electrons. The van der Waals surface area contributed by atoms with Crippen LogP contribution >= 0.6 is 0 Å². The molecule has 0 bridgehead atoms. The summed E-state index contributed by atoms with van der Waals surface area (Å²) in [7, 11) is 2.95. The number of para-hydroxylation sites is 1. The van der Waals surface area contributed by atoms with Crippen molar-refractivity contribution in [3.8, 4) is 5.75 Å². The van der Waals surface area contributed by atoms with E-state index in [0.29, 0.717) is 0 Å². The van der Waals surface area contributed by atoms with E-state index in [1.807, 2.05) is 31.2 Å². The largest absolute Gasteiger partial charge is 0.496 e. The summed E-state index contributed by atoms with van der Waals surface area (Å²) in [6.07, 6.45) is -0.534. The van der Waals surface area contributed by atoms with Crippen LogP contribution in [0.5, 0.6) is 5.75 Å². The number of hydrogen-bond donors (Lipinski definition) is 0. The summed E-state index contributed by atoms with van der Waals surface area (Å²) in [5, 5.41) is 0. The lowest BCUT2D eigenvalue weighted by Gasteiger charge is -2.11. The van der Waals surface area contributed by atoms with E-state index in [2.05, 4.69) is 4.74 Å². The normalized spacial score (nSPS) is 27.3. The van der Waals surface area contributed by atoms with Gasteiger partial charge in [-0.05, 0) is 13.0 Å². The second-order valence-electron chi connectivity index (χ2n) is 3.83. The van der Waals surface area contributed by atoms with Gasteiger partial charge in [0.1, 0.15) is 11.4 Å². The molecule has 86 valence electrons. The monoisotopic (exact) mass is 222 g/mol. The minimum atomic E-state index is -0.625. The smallest absolute Gasteiger partial charge is 0.338 e. The van der Waals surface area contributed by atoms with Gasteiger partial charge in [0.15, 0.2) is 6.10 Å². The van der Waals surface area contributed by atoms with Crippen LogP contribution in [0.3, 0.4) is 0 Å². The van der Waals surface area contributed by atoms with Crippen LogP contribution in [-0.4, -0.2) is 26.3 Å². The fourth-order valence-electron chi connectivity index (χ4n) is 1.85. The van der Waals surface area contributed by atoms with Crippen LogP contribution in [0.4, 0.5) is 0 Å². The molecule has 0 aliphatic carbocycles. The van der Waals surface area contributed by atoms with Gasteiger partial charge in [-0.3, -0.25) is 0 Å². The molecule has 1 fully saturated rings. The van der Waals surface area contributed by atoms with E-state index in [1.54, 1.807) is 7.11 Å². The topological polar surface area (TPSA) is 48.1 Å². The summed E-state index contributed by atoms with van der Waals surface area (Å²) in [5.41, 5.74) is 0.243. The minimum Gasteiger partial charge on any atom is -0.496 e. The van der Waals surface area contributed by atoms with Crippen molar-refractivity contribution >= 4 is 5.97 Å². The van der Waals surface area contributed by atoms with Crippen LogP contribution in [0.2, 0.25) is 0 Å². The predicted molar refractivity (Wildman–Crippen MR) is 57.2 cm³/mol. The van der Waals surface area contributed by atoms with Gasteiger partial charge in [-0.15, -0.1) is 0 Å². The minimum absolute atomic E-state index is 0.353. The Balaban J connectivity index is 2.29. The van der Waals surface area contributed by atoms with Gasteiger partial charge in [0, 0.05) is 5.56 Å². The second-order valence-corrected chi connectivity index (χ2v) is 3.83. The van der Waals surface area contributed by atoms with E-state index in [0.717, 1.165) is 11.3 Å². The molecule has 1 aliphatic rings. The molecule has 0 saturated carbocycles. The molecular weight excluding hydrogens is 208 g/mol. The zero-order valence-electron chi connectivity index (χ0n) is 9.52. The fourth-order valence-corrected chi connectivity index (χ4v) is 1.85. The van der Waals surface area contributed by atoms with Crippen molar-refractivity contribution in [3.05, 3.63) is 29.8 Å². The molecule has 1 aromatic carbocycles. The van der Waals surface area contributed by atoms with E-state index in [-0.39, 0.29) is 5.97 Å². The first kappa shape index (κ1) is 11.0. The highest BCUT2D eigenvalue weighted by Gasteiger charge is 2.60. The van der Waals surface area contributed by atoms with Crippen LogP contribution in [0.25, 0.3) is 0 Å². The average Bonchev–Trinajstić information content (AvgIpc) is 3.02. The third kappa shape index (κ3) is 1.55. The zero-order valence-corrected chi connectivity index (χ0v) is 9.52. The third-order valence-corrected chi connectivity index (χ3v) is 2.86. The SMILES string of the molecule is COC(=O)C1OC1(C)c1ccccc1OC. The van der Waals surface area contributed by atoms with Crippen molar-refractivity contribution in [2.75, 3.05) is 14.2 Å². The molecule has 2 atom stereocenters. The van der Waals surface area contributed by atoms with Gasteiger partial charge in [-0.25, -0.2) is 4.79 Å². The Hall–Kier alpha value is -1.55. The summed E-state index contributed by atoms with van der Waals surface area (Å²) in [6.45, 7) is 1.85. The molecular formula is C12H14O4. The number of methoxy groups -OCH3 is 2. The Morgan fingerprint density at radius 3 is 2.69 bits per heavy atom. The van der Waals surface area contributed by atoms with Gasteiger partial charge in [0.05, 0.1) is 14.2 Å². The maximum atomic E-state index is 11.4. The van der Waals surface area contributed by atoms with Crippen LogP contribution in [-0.2, 0) is 19.9 Å². The molecule has 0 aromatic heterocycles. The highest BCUT2D eigenvalue weighted by Crippen LogP contribution is 2.49. The summed E-state index contributed by atoms with van der Waals surface area (Å²) in [6, 6.07) is 7.50. The van der Waals surface area contributed by atoms with Gasteiger partial charge in [0.25, 0.3) is 0 Å². The van der Waals surface area contributed by atoms with Crippen molar-refractivity contribution in [2.24, 2.45) is 0 Å². The lowest BCUT2D eigenvalue weighted by molar-refractivity contribution is -0.142. The Bertz CT molecular complexity index is 415. The predicted octanol–water partition coefficient (Wildman–Crippen LogP) is 1.48. The first-order chi connectivity index (χ1) is 7.63. The van der Waals surface area contributed by atoms with E-state index in [9.17, 15) is 4.79 Å². The van der Waals surface area contributed by atoms with E-state index < -0.39 is 11.7 Å². The standard InChI is InChI=1S/C12H14O4/c1-12(10(16-12)11(13)15-3)8-6-4-5-7-9(8)14-2/h4-7,10H,1-3H3. The third-order valence-electron chi connectivity index (χ3n) is 2.86. The first-order valence-corrected chi connectivity index (χ1v) is 5.02. The highest BCUT2D eigenvalue weighted by molar-refractivity contribution is 5.80. The molecule has 2 unspecified atom stereocenters. The zero-order chi connectivity index (χ0) is 11.8. The number of ether oxygens (including phenoxy) is 3. The second kappa shape index (κ2) is 3.79. The van der Waals surface area contributed by atoms with Crippen molar-refractivity contribution in [1.29, 1.82) is 0 Å². The maximum absolute atomic E-state index is 11.4. The summed E-state index contributed by atoms with van der Waals surface area (Å²) in [4.78, 5) is 11.4. The van der Waals surface area contributed by atoms with Crippen LogP contribution in [0.15, 0.2) is 24.3 Å². The molecule has 16 heavy (non-hydrogen) atoms. The van der Waals surface area contributed by atoms with Crippen LogP contribution in [0.1, 0.15) is 12.5 Å². The van der Waals surface area contributed by atoms with E-state index in [4.69, 9.17) is 9.47 Å². The molecule has 0 N–H and O–H groups in total. The Morgan fingerprint density at radius 1 is 1.38 bits per heavy atom. The number of epoxide rings is 1. The van der Waals surface area contributed by atoms with Crippen LogP contribution in [0, 0.1) is 0 Å². The average molecular weight is 222 g/mol. The molecule has 1 aromatic rings. The van der Waals surface area contributed by atoms with Crippen molar-refractivity contribution < 1.29 is 19.0 Å². The molecule has 4 nitrogen and oxygen atoms in total. The first-order valence-electron chi connectivity index (χ1n) is 5.02. The summed E-state index contributed by atoms with van der Waals surface area (Å²) >= 11 is 0. The number of carbonyl (C=O) groups is 1. The molecule has 1 aliphatic heterocycles. The number of rotatable bonds is 3. The van der Waals surface area contributed by atoms with Gasteiger partial charge < -0.3 is 14.2 Å². The van der Waals surface area contributed by atoms with E-state index >= 15 is 0 Å². The quantitative estimate of drug-likeness (QED) is 0.574. The number of hydrogen-bond acceptors (Lipinski definition) is 4. The molecule has 0 amide bonds. The van der Waals surface area contributed by atoms with Gasteiger partial charge in [-0.2, -0.15) is 0 Å². The Labute approximate surface area is 94.1 Å². The molecule has 2 rings (SSSR count). The number of carbonyl (C=O) groups excluding carboxylic acids is 1. The lowest BCUT2D eigenvalue weighted by atomic mass is 9.96. The lowest BCUT2D eigenvalue weighted by Crippen LogP contribution is -2.18. The molecule has 4 heteroatoms. The summed E-state index contributed by atoms with van der Waals surface area (Å²) in [5.74, 6) is 0.366. The summed E-state index contributed by atoms with van der Waals surface area (Å²) < 4.78 is 15.3. The van der Waals surface area contributed by atoms with Crippen LogP contribution < -0.4 is 4.74 Å². The number of benzene rings is 1. The molecule has 1 saturated heterocycles. The van der Waals surface area contributed by atoms with Gasteiger partial charge >= 0.3 is 5.97 Å². The van der Waals surface area contributed by atoms with Gasteiger partial charge in [0.2, 0.25) is 0 Å². The fraction of sp³-hybridized carbons (Fsp3) is 0.417. The van der Waals surface area contributed by atoms with E-state index in [1.165, 1.54) is 7.11 Å². The van der Waals surface area contributed by atoms with Crippen molar-refractivity contribution in [3.63, 3.8) is 0 Å². The maximum Gasteiger partial charge on any atom is 0.338 e.